The maximum absolute atomic E-state index is 6.11. The zero-order chi connectivity index (χ0) is 13.4. The molecule has 5 heteroatoms. The van der Waals surface area contributed by atoms with Gasteiger partial charge in [0.2, 0.25) is 0 Å². The fraction of sp³-hybridized carbons (Fsp3) is 0.357. The molecule has 19 heavy (non-hydrogen) atoms. The molecule has 3 rings (SSSR count). The summed E-state index contributed by atoms with van der Waals surface area (Å²) in [5, 5.41) is 5.24. The van der Waals surface area contributed by atoms with Crippen molar-refractivity contribution in [3.8, 4) is 0 Å². The van der Waals surface area contributed by atoms with Gasteiger partial charge in [-0.1, -0.05) is 27.5 Å². The molecule has 0 aliphatic heterocycles. The molecule has 0 fully saturated rings. The number of aromatic nitrogens is 1. The Kier molecular flexibility index (Phi) is 3.94. The molecule has 0 spiro atoms. The minimum atomic E-state index is 0.101. The van der Waals surface area contributed by atoms with Gasteiger partial charge in [0, 0.05) is 14.4 Å². The van der Waals surface area contributed by atoms with Gasteiger partial charge in [-0.15, -0.1) is 11.3 Å². The predicted molar refractivity (Wildman–Crippen MR) is 84.2 cm³/mol. The van der Waals surface area contributed by atoms with Crippen LogP contribution >= 0.6 is 38.9 Å². The van der Waals surface area contributed by atoms with Gasteiger partial charge in [0.15, 0.2) is 0 Å². The molecule has 1 aromatic heterocycles. The SMILES string of the molecule is CNC(c1nc2c(s1)CCC2)c1cc(Cl)ccc1Br. The lowest BCUT2D eigenvalue weighted by molar-refractivity contribution is 0.680. The summed E-state index contributed by atoms with van der Waals surface area (Å²) in [6, 6.07) is 5.98. The first kappa shape index (κ1) is 13.6. The van der Waals surface area contributed by atoms with E-state index in [-0.39, 0.29) is 6.04 Å². The van der Waals surface area contributed by atoms with E-state index in [2.05, 4.69) is 21.2 Å². The lowest BCUT2D eigenvalue weighted by Crippen LogP contribution is -2.18. The first-order valence-electron chi connectivity index (χ1n) is 6.29. The van der Waals surface area contributed by atoms with Gasteiger partial charge in [0.05, 0.1) is 11.7 Å². The number of rotatable bonds is 3. The summed E-state index contributed by atoms with van der Waals surface area (Å²) in [5.41, 5.74) is 2.43. The van der Waals surface area contributed by atoms with Crippen LogP contribution in [0.3, 0.4) is 0 Å². The summed E-state index contributed by atoms with van der Waals surface area (Å²) >= 11 is 11.5. The zero-order valence-corrected chi connectivity index (χ0v) is 13.7. The Labute approximate surface area is 130 Å². The van der Waals surface area contributed by atoms with Gasteiger partial charge in [-0.25, -0.2) is 4.98 Å². The van der Waals surface area contributed by atoms with E-state index in [0.717, 1.165) is 26.5 Å². The molecule has 100 valence electrons. The van der Waals surface area contributed by atoms with Crippen molar-refractivity contribution in [1.29, 1.82) is 0 Å². The van der Waals surface area contributed by atoms with E-state index in [1.165, 1.54) is 23.4 Å². The first-order chi connectivity index (χ1) is 9.19. The molecule has 0 radical (unpaired) electrons. The van der Waals surface area contributed by atoms with Crippen LogP contribution in [0.15, 0.2) is 22.7 Å². The van der Waals surface area contributed by atoms with Crippen molar-refractivity contribution in [2.45, 2.75) is 25.3 Å². The lowest BCUT2D eigenvalue weighted by Gasteiger charge is -2.16. The Morgan fingerprint density at radius 3 is 3.00 bits per heavy atom. The van der Waals surface area contributed by atoms with Crippen LogP contribution in [0, 0.1) is 0 Å². The van der Waals surface area contributed by atoms with E-state index in [9.17, 15) is 0 Å². The van der Waals surface area contributed by atoms with Crippen LogP contribution in [0.2, 0.25) is 5.02 Å². The molecular formula is C14H14BrClN2S. The minimum absolute atomic E-state index is 0.101. The molecule has 0 saturated heterocycles. The van der Waals surface area contributed by atoms with E-state index in [1.807, 2.05) is 36.6 Å². The normalized spacial score (nSPS) is 15.5. The third-order valence-electron chi connectivity index (χ3n) is 3.42. The third kappa shape index (κ3) is 2.59. The molecule has 0 saturated carbocycles. The number of thiazole rings is 1. The molecule has 1 aliphatic rings. The maximum Gasteiger partial charge on any atom is 0.115 e. The highest BCUT2D eigenvalue weighted by molar-refractivity contribution is 9.10. The molecule has 2 nitrogen and oxygen atoms in total. The molecule has 0 bridgehead atoms. The highest BCUT2D eigenvalue weighted by Gasteiger charge is 2.23. The van der Waals surface area contributed by atoms with E-state index < -0.39 is 0 Å². The molecule has 2 aromatic rings. The highest BCUT2D eigenvalue weighted by Crippen LogP contribution is 2.36. The molecule has 1 heterocycles. The van der Waals surface area contributed by atoms with Gasteiger partial charge in [0.25, 0.3) is 0 Å². The van der Waals surface area contributed by atoms with Crippen molar-refractivity contribution in [2.24, 2.45) is 0 Å². The van der Waals surface area contributed by atoms with Crippen LogP contribution in [0.25, 0.3) is 0 Å². The standard InChI is InChI=1S/C14H14BrClN2S/c1-17-13(9-7-8(16)5-6-10(9)15)14-18-11-3-2-4-12(11)19-14/h5-7,13,17H,2-4H2,1H3. The summed E-state index contributed by atoms with van der Waals surface area (Å²) < 4.78 is 1.06. The number of fused-ring (bicyclic) bond motifs is 1. The van der Waals surface area contributed by atoms with Gasteiger partial charge in [-0.3, -0.25) is 0 Å². The maximum atomic E-state index is 6.11. The van der Waals surface area contributed by atoms with Crippen molar-refractivity contribution >= 4 is 38.9 Å². The number of halogens is 2. The Balaban J connectivity index is 2.01. The second-order valence-electron chi connectivity index (χ2n) is 4.66. The van der Waals surface area contributed by atoms with Crippen molar-refractivity contribution in [1.82, 2.24) is 10.3 Å². The zero-order valence-electron chi connectivity index (χ0n) is 10.5. The van der Waals surface area contributed by atoms with Crippen molar-refractivity contribution in [3.05, 3.63) is 48.8 Å². The first-order valence-corrected chi connectivity index (χ1v) is 8.28. The number of aryl methyl sites for hydroxylation is 2. The minimum Gasteiger partial charge on any atom is -0.307 e. The van der Waals surface area contributed by atoms with Gasteiger partial charge in [-0.2, -0.15) is 0 Å². The van der Waals surface area contributed by atoms with E-state index >= 15 is 0 Å². The topological polar surface area (TPSA) is 24.9 Å². The average Bonchev–Trinajstić information content (AvgIpc) is 2.95. The summed E-state index contributed by atoms with van der Waals surface area (Å²) in [4.78, 5) is 6.25. The van der Waals surface area contributed by atoms with Gasteiger partial charge in [-0.05, 0) is 50.1 Å². The number of nitrogens with one attached hydrogen (secondary N) is 1. The summed E-state index contributed by atoms with van der Waals surface area (Å²) in [6.07, 6.45) is 3.55. The Morgan fingerprint density at radius 2 is 2.26 bits per heavy atom. The lowest BCUT2D eigenvalue weighted by atomic mass is 10.1. The summed E-state index contributed by atoms with van der Waals surface area (Å²) in [6.45, 7) is 0. The summed E-state index contributed by atoms with van der Waals surface area (Å²) in [7, 11) is 1.96. The average molecular weight is 358 g/mol. The van der Waals surface area contributed by atoms with Gasteiger partial charge in [0.1, 0.15) is 5.01 Å². The molecule has 1 N–H and O–H groups in total. The summed E-state index contributed by atoms with van der Waals surface area (Å²) in [5.74, 6) is 0. The van der Waals surface area contributed by atoms with Crippen molar-refractivity contribution in [3.63, 3.8) is 0 Å². The van der Waals surface area contributed by atoms with Crippen LogP contribution in [-0.4, -0.2) is 12.0 Å². The van der Waals surface area contributed by atoms with Crippen LogP contribution in [0.1, 0.15) is 33.6 Å². The molecule has 1 atom stereocenters. The Hall–Kier alpha value is -0.420. The number of hydrogen-bond acceptors (Lipinski definition) is 3. The van der Waals surface area contributed by atoms with E-state index in [1.54, 1.807) is 0 Å². The fourth-order valence-electron chi connectivity index (χ4n) is 2.48. The predicted octanol–water partition coefficient (Wildman–Crippen LogP) is 4.36. The van der Waals surface area contributed by atoms with E-state index in [0.29, 0.717) is 0 Å². The molecule has 1 aromatic carbocycles. The third-order valence-corrected chi connectivity index (χ3v) is 5.60. The van der Waals surface area contributed by atoms with Crippen molar-refractivity contribution in [2.75, 3.05) is 7.05 Å². The van der Waals surface area contributed by atoms with Crippen LogP contribution in [-0.2, 0) is 12.8 Å². The quantitative estimate of drug-likeness (QED) is 0.883. The van der Waals surface area contributed by atoms with Gasteiger partial charge < -0.3 is 5.32 Å². The fourth-order valence-corrected chi connectivity index (χ4v) is 4.42. The molecular weight excluding hydrogens is 344 g/mol. The second kappa shape index (κ2) is 5.52. The number of benzene rings is 1. The largest absolute Gasteiger partial charge is 0.307 e. The Bertz CT molecular complexity index is 590. The monoisotopic (exact) mass is 356 g/mol. The second-order valence-corrected chi connectivity index (χ2v) is 7.07. The smallest absolute Gasteiger partial charge is 0.115 e. The molecule has 1 unspecified atom stereocenters. The molecule has 1 aliphatic carbocycles. The van der Waals surface area contributed by atoms with E-state index in [4.69, 9.17) is 16.6 Å². The Morgan fingerprint density at radius 1 is 1.42 bits per heavy atom. The van der Waals surface area contributed by atoms with Crippen LogP contribution in [0.4, 0.5) is 0 Å². The van der Waals surface area contributed by atoms with Crippen LogP contribution < -0.4 is 5.32 Å². The van der Waals surface area contributed by atoms with Gasteiger partial charge >= 0.3 is 0 Å². The number of hydrogen-bond donors (Lipinski definition) is 1. The number of nitrogens with zero attached hydrogens (tertiary/aromatic N) is 1. The molecule has 0 amide bonds. The van der Waals surface area contributed by atoms with Crippen LogP contribution in [0.5, 0.6) is 0 Å². The van der Waals surface area contributed by atoms with Crippen molar-refractivity contribution < 1.29 is 0 Å². The highest BCUT2D eigenvalue weighted by atomic mass is 79.9.